The Morgan fingerprint density at radius 3 is 2.42 bits per heavy atom. The molecule has 2 aromatic rings. The van der Waals surface area contributed by atoms with Crippen molar-refractivity contribution < 1.29 is 19.1 Å². The van der Waals surface area contributed by atoms with E-state index in [4.69, 9.17) is 9.47 Å². The number of ketones is 1. The molecule has 0 fully saturated rings. The maximum atomic E-state index is 13.0. The summed E-state index contributed by atoms with van der Waals surface area (Å²) in [6.45, 7) is 2.62. The topological polar surface area (TPSA) is 64.6 Å². The molecule has 0 bridgehead atoms. The summed E-state index contributed by atoms with van der Waals surface area (Å²) < 4.78 is 11.8. The lowest BCUT2D eigenvalue weighted by molar-refractivity contribution is -0.115. The molecule has 0 radical (unpaired) electrons. The van der Waals surface area contributed by atoms with E-state index in [-0.39, 0.29) is 11.7 Å². The van der Waals surface area contributed by atoms with Crippen LogP contribution >= 0.6 is 15.9 Å². The summed E-state index contributed by atoms with van der Waals surface area (Å²) in [7, 11) is 0. The van der Waals surface area contributed by atoms with E-state index in [1.807, 2.05) is 6.07 Å². The Morgan fingerprint density at radius 2 is 1.75 bits per heavy atom. The number of hydrogen-bond donors (Lipinski definition) is 1. The number of carbonyl (C=O) groups is 2. The molecule has 24 heavy (non-hydrogen) atoms. The average Bonchev–Trinajstić information content (AvgIpc) is 2.61. The normalized spacial score (nSPS) is 12.6. The molecular weight excluding hydrogens is 374 g/mol. The summed E-state index contributed by atoms with van der Waals surface area (Å²) in [4.78, 5) is 24.8. The molecular formula is C18H16BrNO4. The monoisotopic (exact) mass is 389 g/mol. The SMILES string of the molecule is CCC(=O)Nc1cc2c(cc1C(=O)c1ccccc1Br)OCCO2. The number of halogens is 1. The van der Waals surface area contributed by atoms with Gasteiger partial charge in [-0.1, -0.05) is 35.0 Å². The summed E-state index contributed by atoms with van der Waals surface area (Å²) in [5.74, 6) is 0.654. The molecule has 0 atom stereocenters. The molecule has 2 aromatic carbocycles. The lowest BCUT2D eigenvalue weighted by atomic mass is 10.0. The molecule has 0 aliphatic carbocycles. The zero-order chi connectivity index (χ0) is 17.1. The van der Waals surface area contributed by atoms with Gasteiger partial charge in [0.1, 0.15) is 13.2 Å². The Bertz CT molecular complexity index is 804. The first kappa shape index (κ1) is 16.5. The minimum absolute atomic E-state index is 0.173. The number of fused-ring (bicyclic) bond motifs is 1. The first-order valence-electron chi connectivity index (χ1n) is 7.63. The van der Waals surface area contributed by atoms with Crippen molar-refractivity contribution in [2.45, 2.75) is 13.3 Å². The number of benzene rings is 2. The molecule has 1 amide bonds. The van der Waals surface area contributed by atoms with E-state index in [1.54, 1.807) is 37.3 Å². The number of carbonyl (C=O) groups excluding carboxylic acids is 2. The first-order valence-corrected chi connectivity index (χ1v) is 8.42. The Labute approximate surface area is 148 Å². The maximum Gasteiger partial charge on any atom is 0.224 e. The van der Waals surface area contributed by atoms with Gasteiger partial charge in [-0.2, -0.15) is 0 Å². The zero-order valence-electron chi connectivity index (χ0n) is 13.1. The second-order valence-electron chi connectivity index (χ2n) is 5.25. The lowest BCUT2D eigenvalue weighted by Crippen LogP contribution is -2.18. The standard InChI is InChI=1S/C18H16BrNO4/c1-2-17(21)20-14-10-16-15(23-7-8-24-16)9-12(14)18(22)11-5-3-4-6-13(11)19/h3-6,9-10H,2,7-8H2,1H3,(H,20,21). The summed E-state index contributed by atoms with van der Waals surface area (Å²) in [5, 5.41) is 2.77. The van der Waals surface area contributed by atoms with E-state index in [9.17, 15) is 9.59 Å². The van der Waals surface area contributed by atoms with Crippen LogP contribution in [0.1, 0.15) is 29.3 Å². The molecule has 3 rings (SSSR count). The Kier molecular flexibility index (Phi) is 4.85. The smallest absolute Gasteiger partial charge is 0.224 e. The highest BCUT2D eigenvalue weighted by molar-refractivity contribution is 9.10. The second-order valence-corrected chi connectivity index (χ2v) is 6.11. The van der Waals surface area contributed by atoms with E-state index < -0.39 is 0 Å². The van der Waals surface area contributed by atoms with Crippen LogP contribution in [0, 0.1) is 0 Å². The highest BCUT2D eigenvalue weighted by Crippen LogP contribution is 2.37. The van der Waals surface area contributed by atoms with Crippen LogP contribution < -0.4 is 14.8 Å². The van der Waals surface area contributed by atoms with Crippen molar-refractivity contribution in [3.05, 3.63) is 52.0 Å². The molecule has 0 saturated carbocycles. The third kappa shape index (κ3) is 3.28. The Hall–Kier alpha value is -2.34. The molecule has 1 aliphatic heterocycles. The van der Waals surface area contributed by atoms with Crippen LogP contribution in [0.3, 0.4) is 0 Å². The van der Waals surface area contributed by atoms with E-state index in [1.165, 1.54) is 0 Å². The highest BCUT2D eigenvalue weighted by atomic mass is 79.9. The van der Waals surface area contributed by atoms with Crippen LogP contribution in [-0.2, 0) is 4.79 Å². The predicted molar refractivity (Wildman–Crippen MR) is 93.9 cm³/mol. The zero-order valence-corrected chi connectivity index (χ0v) is 14.7. The fourth-order valence-corrected chi connectivity index (χ4v) is 2.87. The molecule has 1 aliphatic rings. The number of nitrogens with one attached hydrogen (secondary N) is 1. The molecule has 0 spiro atoms. The first-order chi connectivity index (χ1) is 11.6. The Morgan fingerprint density at radius 1 is 1.08 bits per heavy atom. The van der Waals surface area contributed by atoms with Crippen molar-refractivity contribution in [1.29, 1.82) is 0 Å². The maximum absolute atomic E-state index is 13.0. The van der Waals surface area contributed by atoms with Crippen LogP contribution in [0.2, 0.25) is 0 Å². The number of ether oxygens (including phenoxy) is 2. The highest BCUT2D eigenvalue weighted by Gasteiger charge is 2.22. The van der Waals surface area contributed by atoms with Crippen molar-refractivity contribution in [1.82, 2.24) is 0 Å². The molecule has 124 valence electrons. The van der Waals surface area contributed by atoms with Crippen LogP contribution in [-0.4, -0.2) is 24.9 Å². The van der Waals surface area contributed by atoms with E-state index in [2.05, 4.69) is 21.2 Å². The van der Waals surface area contributed by atoms with Gasteiger partial charge in [0, 0.05) is 22.5 Å². The lowest BCUT2D eigenvalue weighted by Gasteiger charge is -2.21. The number of rotatable bonds is 4. The quantitative estimate of drug-likeness (QED) is 0.807. The van der Waals surface area contributed by atoms with E-state index in [0.717, 1.165) is 0 Å². The fraction of sp³-hybridized carbons (Fsp3) is 0.222. The van der Waals surface area contributed by atoms with Gasteiger partial charge in [0.2, 0.25) is 5.91 Å². The van der Waals surface area contributed by atoms with Gasteiger partial charge in [0.05, 0.1) is 11.3 Å². The minimum Gasteiger partial charge on any atom is -0.486 e. The second kappa shape index (κ2) is 7.05. The van der Waals surface area contributed by atoms with Crippen LogP contribution in [0.15, 0.2) is 40.9 Å². The van der Waals surface area contributed by atoms with Gasteiger partial charge in [-0.15, -0.1) is 0 Å². The van der Waals surface area contributed by atoms with Gasteiger partial charge >= 0.3 is 0 Å². The van der Waals surface area contributed by atoms with Crippen molar-refractivity contribution in [2.75, 3.05) is 18.5 Å². The number of hydrogen-bond acceptors (Lipinski definition) is 4. The van der Waals surface area contributed by atoms with E-state index >= 15 is 0 Å². The van der Waals surface area contributed by atoms with Crippen LogP contribution in [0.5, 0.6) is 11.5 Å². The van der Waals surface area contributed by atoms with Gasteiger partial charge in [0.25, 0.3) is 0 Å². The third-order valence-electron chi connectivity index (χ3n) is 3.64. The molecule has 5 nitrogen and oxygen atoms in total. The van der Waals surface area contributed by atoms with Crippen molar-refractivity contribution in [3.63, 3.8) is 0 Å². The van der Waals surface area contributed by atoms with Crippen molar-refractivity contribution >= 4 is 33.3 Å². The molecule has 0 unspecified atom stereocenters. The van der Waals surface area contributed by atoms with Gasteiger partial charge < -0.3 is 14.8 Å². The average molecular weight is 390 g/mol. The molecule has 1 N–H and O–H groups in total. The van der Waals surface area contributed by atoms with Gasteiger partial charge in [-0.05, 0) is 18.2 Å². The van der Waals surface area contributed by atoms with Gasteiger partial charge in [-0.25, -0.2) is 0 Å². The predicted octanol–water partition coefficient (Wildman–Crippen LogP) is 3.80. The van der Waals surface area contributed by atoms with Crippen molar-refractivity contribution in [2.24, 2.45) is 0 Å². The largest absolute Gasteiger partial charge is 0.486 e. The Balaban J connectivity index is 2.08. The van der Waals surface area contributed by atoms with Crippen molar-refractivity contribution in [3.8, 4) is 11.5 Å². The van der Waals surface area contributed by atoms with Gasteiger partial charge in [-0.3, -0.25) is 9.59 Å². The van der Waals surface area contributed by atoms with Crippen LogP contribution in [0.25, 0.3) is 0 Å². The number of anilines is 1. The molecule has 1 heterocycles. The van der Waals surface area contributed by atoms with Gasteiger partial charge in [0.15, 0.2) is 17.3 Å². The minimum atomic E-state index is -0.203. The summed E-state index contributed by atoms with van der Waals surface area (Å²) in [5.41, 5.74) is 1.31. The fourth-order valence-electron chi connectivity index (χ4n) is 2.41. The molecule has 0 aromatic heterocycles. The number of amides is 1. The van der Waals surface area contributed by atoms with Crippen LogP contribution in [0.4, 0.5) is 5.69 Å². The van der Waals surface area contributed by atoms with E-state index in [0.29, 0.717) is 52.4 Å². The summed E-state index contributed by atoms with van der Waals surface area (Å²) in [6, 6.07) is 10.4. The summed E-state index contributed by atoms with van der Waals surface area (Å²) in [6.07, 6.45) is 0.317. The summed E-state index contributed by atoms with van der Waals surface area (Å²) >= 11 is 3.39. The third-order valence-corrected chi connectivity index (χ3v) is 4.33. The molecule has 6 heteroatoms. The molecule has 0 saturated heterocycles.